The van der Waals surface area contributed by atoms with E-state index < -0.39 is 10.0 Å². The van der Waals surface area contributed by atoms with Gasteiger partial charge >= 0.3 is 0 Å². The third-order valence-electron chi connectivity index (χ3n) is 5.34. The second-order valence-corrected chi connectivity index (χ2v) is 10.5. The first-order chi connectivity index (χ1) is 16.9. The van der Waals surface area contributed by atoms with E-state index >= 15 is 0 Å². The molecule has 0 saturated carbocycles. The topological polar surface area (TPSA) is 110 Å². The van der Waals surface area contributed by atoms with Crippen LogP contribution in [0.3, 0.4) is 0 Å². The zero-order chi connectivity index (χ0) is 24.4. The lowest BCUT2D eigenvalue weighted by Crippen LogP contribution is -2.14. The van der Waals surface area contributed by atoms with Crippen molar-refractivity contribution >= 4 is 60.5 Å². The number of hydrogen-bond acceptors (Lipinski definition) is 8. The van der Waals surface area contributed by atoms with Crippen molar-refractivity contribution in [3.05, 3.63) is 83.1 Å². The number of aromatic nitrogens is 4. The summed E-state index contributed by atoms with van der Waals surface area (Å²) in [5, 5.41) is 13.8. The molecule has 2 aromatic carbocycles. The van der Waals surface area contributed by atoms with Gasteiger partial charge in [-0.1, -0.05) is 42.8 Å². The first-order valence-electron chi connectivity index (χ1n) is 10.6. The highest BCUT2D eigenvalue weighted by Crippen LogP contribution is 2.37. The Morgan fingerprint density at radius 1 is 0.943 bits per heavy atom. The van der Waals surface area contributed by atoms with Crippen LogP contribution in [0.4, 0.5) is 17.3 Å². The van der Waals surface area contributed by atoms with Gasteiger partial charge in [0.1, 0.15) is 17.0 Å². The highest BCUT2D eigenvalue weighted by molar-refractivity contribution is 7.92. The number of rotatable bonds is 7. The molecule has 8 nitrogen and oxygen atoms in total. The van der Waals surface area contributed by atoms with Crippen LogP contribution in [0.5, 0.6) is 0 Å². The number of fused-ring (bicyclic) bond motifs is 1. The Labute approximate surface area is 211 Å². The lowest BCUT2D eigenvalue weighted by Gasteiger charge is -2.10. The average Bonchev–Trinajstić information content (AvgIpc) is 3.31. The van der Waals surface area contributed by atoms with Crippen molar-refractivity contribution in [3.63, 3.8) is 0 Å². The van der Waals surface area contributed by atoms with Crippen molar-refractivity contribution < 1.29 is 8.42 Å². The van der Waals surface area contributed by atoms with Gasteiger partial charge in [-0.05, 0) is 53.9 Å². The van der Waals surface area contributed by atoms with E-state index in [-0.39, 0.29) is 15.9 Å². The van der Waals surface area contributed by atoms with Gasteiger partial charge in [-0.3, -0.25) is 4.72 Å². The van der Waals surface area contributed by atoms with Crippen LogP contribution in [0, 0.1) is 0 Å². The van der Waals surface area contributed by atoms with Crippen molar-refractivity contribution in [2.75, 3.05) is 10.0 Å². The van der Waals surface area contributed by atoms with Crippen molar-refractivity contribution in [1.29, 1.82) is 0 Å². The van der Waals surface area contributed by atoms with Gasteiger partial charge in [0.05, 0.1) is 10.3 Å². The van der Waals surface area contributed by atoms with E-state index in [0.29, 0.717) is 11.5 Å². The van der Waals surface area contributed by atoms with Crippen LogP contribution < -0.4 is 10.0 Å². The van der Waals surface area contributed by atoms with Crippen LogP contribution in [-0.2, 0) is 16.4 Å². The van der Waals surface area contributed by atoms with Crippen molar-refractivity contribution in [1.82, 2.24) is 20.2 Å². The number of aryl methyl sites for hydroxylation is 1. The Hall–Kier alpha value is -3.60. The zero-order valence-electron chi connectivity index (χ0n) is 18.4. The number of hydrogen-bond donors (Lipinski definition) is 2. The summed E-state index contributed by atoms with van der Waals surface area (Å²) in [5.74, 6) is 0.730. The van der Waals surface area contributed by atoms with Gasteiger partial charge in [0.15, 0.2) is 11.0 Å². The van der Waals surface area contributed by atoms with Gasteiger partial charge in [0.25, 0.3) is 10.0 Å². The maximum atomic E-state index is 12.7. The van der Waals surface area contributed by atoms with Crippen LogP contribution in [0.2, 0.25) is 5.15 Å². The SMILES string of the molecule is CCc1ccc(-c2csc3ncnc(Nc4ccc(S(=O)(=O)Nc5ccc(Cl)nn5)cc4)c23)cc1. The number of thiophene rings is 1. The molecule has 11 heteroatoms. The Morgan fingerprint density at radius 2 is 1.71 bits per heavy atom. The molecular formula is C24H19ClN6O2S2. The van der Waals surface area contributed by atoms with Crippen molar-refractivity contribution in [2.45, 2.75) is 18.2 Å². The second kappa shape index (κ2) is 9.57. The monoisotopic (exact) mass is 522 g/mol. The number of nitrogens with zero attached hydrogens (tertiary/aromatic N) is 4. The third kappa shape index (κ3) is 4.95. The molecule has 0 fully saturated rings. The molecule has 0 spiro atoms. The molecule has 0 aliphatic rings. The molecule has 0 bridgehead atoms. The summed E-state index contributed by atoms with van der Waals surface area (Å²) < 4.78 is 27.8. The maximum absolute atomic E-state index is 12.7. The molecule has 2 N–H and O–H groups in total. The predicted octanol–water partition coefficient (Wildman–Crippen LogP) is 5.91. The molecule has 3 heterocycles. The maximum Gasteiger partial charge on any atom is 0.263 e. The molecule has 5 aromatic rings. The second-order valence-electron chi connectivity index (χ2n) is 7.60. The minimum Gasteiger partial charge on any atom is -0.340 e. The quantitative estimate of drug-likeness (QED) is 0.273. The van der Waals surface area contributed by atoms with E-state index in [0.717, 1.165) is 27.8 Å². The average molecular weight is 523 g/mol. The number of nitrogens with one attached hydrogen (secondary N) is 2. The molecule has 35 heavy (non-hydrogen) atoms. The summed E-state index contributed by atoms with van der Waals surface area (Å²) in [6.07, 6.45) is 2.50. The molecule has 0 radical (unpaired) electrons. The summed E-state index contributed by atoms with van der Waals surface area (Å²) in [4.78, 5) is 9.82. The van der Waals surface area contributed by atoms with Gasteiger partial charge in [0, 0.05) is 16.6 Å². The molecule has 5 rings (SSSR count). The Kier molecular flexibility index (Phi) is 6.33. The third-order valence-corrected chi connectivity index (χ3v) is 7.80. The van der Waals surface area contributed by atoms with E-state index in [1.807, 2.05) is 0 Å². The molecule has 0 unspecified atom stereocenters. The summed E-state index contributed by atoms with van der Waals surface area (Å²) in [6.45, 7) is 2.13. The summed E-state index contributed by atoms with van der Waals surface area (Å²) in [7, 11) is -3.84. The van der Waals surface area contributed by atoms with Gasteiger partial charge < -0.3 is 5.32 Å². The Balaban J connectivity index is 1.41. The number of halogens is 1. The van der Waals surface area contributed by atoms with Gasteiger partial charge in [0.2, 0.25) is 0 Å². The van der Waals surface area contributed by atoms with E-state index in [9.17, 15) is 8.42 Å². The lowest BCUT2D eigenvalue weighted by molar-refractivity contribution is 0.601. The van der Waals surface area contributed by atoms with Gasteiger partial charge in [-0.25, -0.2) is 18.4 Å². The summed E-state index contributed by atoms with van der Waals surface area (Å²) in [6, 6.07) is 17.7. The van der Waals surface area contributed by atoms with Gasteiger partial charge in [-0.2, -0.15) is 0 Å². The normalized spacial score (nSPS) is 11.5. The molecular weight excluding hydrogens is 504 g/mol. The predicted molar refractivity (Wildman–Crippen MR) is 140 cm³/mol. The van der Waals surface area contributed by atoms with E-state index in [2.05, 4.69) is 66.8 Å². The molecule has 176 valence electrons. The Morgan fingerprint density at radius 3 is 2.40 bits per heavy atom. The van der Waals surface area contributed by atoms with E-state index in [1.54, 1.807) is 23.5 Å². The van der Waals surface area contributed by atoms with E-state index in [4.69, 9.17) is 11.6 Å². The van der Waals surface area contributed by atoms with Crippen LogP contribution >= 0.6 is 22.9 Å². The fourth-order valence-corrected chi connectivity index (χ4v) is 5.54. The Bertz CT molecular complexity index is 1590. The first kappa shape index (κ1) is 23.2. The van der Waals surface area contributed by atoms with Crippen LogP contribution in [-0.4, -0.2) is 28.6 Å². The number of sulfonamides is 1. The zero-order valence-corrected chi connectivity index (χ0v) is 20.8. The molecule has 0 amide bonds. The smallest absolute Gasteiger partial charge is 0.263 e. The fraction of sp³-hybridized carbons (Fsp3) is 0.0833. The van der Waals surface area contributed by atoms with Crippen molar-refractivity contribution in [2.24, 2.45) is 0 Å². The lowest BCUT2D eigenvalue weighted by atomic mass is 10.0. The van der Waals surface area contributed by atoms with Crippen LogP contribution in [0.25, 0.3) is 21.3 Å². The molecule has 0 atom stereocenters. The standard InChI is InChI=1S/C24H19ClN6O2S2/c1-2-15-3-5-16(6-4-15)19-13-34-24-22(19)23(26-14-27-24)28-17-7-9-18(10-8-17)35(32,33)31-21-12-11-20(25)29-30-21/h3-14H,2H2,1H3,(H,30,31)(H,26,27,28). The number of anilines is 3. The molecule has 0 aliphatic carbocycles. The molecule has 0 saturated heterocycles. The summed E-state index contributed by atoms with van der Waals surface area (Å²) in [5.41, 5.74) is 4.09. The van der Waals surface area contributed by atoms with Crippen molar-refractivity contribution in [3.8, 4) is 11.1 Å². The molecule has 3 aromatic heterocycles. The highest BCUT2D eigenvalue weighted by Gasteiger charge is 2.17. The fourth-order valence-electron chi connectivity index (χ4n) is 3.52. The van der Waals surface area contributed by atoms with Crippen LogP contribution in [0.1, 0.15) is 12.5 Å². The molecule has 0 aliphatic heterocycles. The summed E-state index contributed by atoms with van der Waals surface area (Å²) >= 11 is 7.26. The first-order valence-corrected chi connectivity index (χ1v) is 13.4. The highest BCUT2D eigenvalue weighted by atomic mass is 35.5. The van der Waals surface area contributed by atoms with Gasteiger partial charge in [-0.15, -0.1) is 21.5 Å². The minimum atomic E-state index is -3.84. The minimum absolute atomic E-state index is 0.0805. The number of benzene rings is 2. The van der Waals surface area contributed by atoms with Crippen LogP contribution in [0.15, 0.2) is 77.3 Å². The van der Waals surface area contributed by atoms with E-state index in [1.165, 1.54) is 36.2 Å². The largest absolute Gasteiger partial charge is 0.340 e.